The van der Waals surface area contributed by atoms with E-state index in [1.54, 1.807) is 18.2 Å². The lowest BCUT2D eigenvalue weighted by molar-refractivity contribution is 0.0472. The Morgan fingerprint density at radius 2 is 1.36 bits per heavy atom. The van der Waals surface area contributed by atoms with Crippen LogP contribution in [0, 0.1) is 0 Å². The number of benzene rings is 3. The Hall–Kier alpha value is -2.78. The lowest BCUT2D eigenvalue weighted by Gasteiger charge is -2.11. The number of hydrogen-bond acceptors (Lipinski definition) is 3. The van der Waals surface area contributed by atoms with Crippen LogP contribution in [0.2, 0.25) is 5.02 Å². The van der Waals surface area contributed by atoms with Crippen LogP contribution >= 0.6 is 11.6 Å². The highest BCUT2D eigenvalue weighted by molar-refractivity contribution is 6.35. The van der Waals surface area contributed by atoms with Crippen molar-refractivity contribution in [1.82, 2.24) is 0 Å². The average Bonchev–Trinajstić information content (AvgIpc) is 2.67. The maximum atomic E-state index is 12.3. The van der Waals surface area contributed by atoms with Gasteiger partial charge in [0, 0.05) is 0 Å². The molecule has 0 spiro atoms. The fourth-order valence-corrected chi connectivity index (χ4v) is 2.57. The molecule has 0 aliphatic heterocycles. The van der Waals surface area contributed by atoms with Crippen LogP contribution in [0.3, 0.4) is 0 Å². The van der Waals surface area contributed by atoms with Crippen molar-refractivity contribution in [2.75, 3.05) is 0 Å². The van der Waals surface area contributed by atoms with Gasteiger partial charge in [-0.1, -0.05) is 78.3 Å². The predicted octanol–water partition coefficient (Wildman–Crippen LogP) is 5.28. The fourth-order valence-electron chi connectivity index (χ4n) is 2.32. The summed E-state index contributed by atoms with van der Waals surface area (Å²) in [6, 6.07) is 24.4. The highest BCUT2D eigenvalue weighted by Crippen LogP contribution is 2.29. The minimum Gasteiger partial charge on any atom is -0.487 e. The third-order valence-electron chi connectivity index (χ3n) is 3.63. The highest BCUT2D eigenvalue weighted by Gasteiger charge is 2.16. The Kier molecular flexibility index (Phi) is 5.70. The van der Waals surface area contributed by atoms with Gasteiger partial charge in [-0.05, 0) is 23.3 Å². The van der Waals surface area contributed by atoms with E-state index in [1.165, 1.54) is 0 Å². The van der Waals surface area contributed by atoms with E-state index < -0.39 is 5.97 Å². The second-order valence-electron chi connectivity index (χ2n) is 5.45. The monoisotopic (exact) mass is 352 g/mol. The van der Waals surface area contributed by atoms with Crippen molar-refractivity contribution in [3.63, 3.8) is 0 Å². The summed E-state index contributed by atoms with van der Waals surface area (Å²) in [5.74, 6) is -0.0151. The van der Waals surface area contributed by atoms with Gasteiger partial charge in [0.25, 0.3) is 0 Å². The van der Waals surface area contributed by atoms with E-state index in [9.17, 15) is 4.79 Å². The van der Waals surface area contributed by atoms with Crippen molar-refractivity contribution in [1.29, 1.82) is 0 Å². The average molecular weight is 353 g/mol. The van der Waals surface area contributed by atoms with E-state index >= 15 is 0 Å². The molecule has 3 aromatic carbocycles. The molecule has 3 aromatic rings. The molecule has 4 heteroatoms. The van der Waals surface area contributed by atoms with Crippen molar-refractivity contribution in [3.8, 4) is 5.75 Å². The van der Waals surface area contributed by atoms with E-state index in [0.29, 0.717) is 17.9 Å². The molecule has 0 bridgehead atoms. The number of carbonyl (C=O) groups excluding carboxylic acids is 1. The predicted molar refractivity (Wildman–Crippen MR) is 97.8 cm³/mol. The zero-order valence-corrected chi connectivity index (χ0v) is 14.3. The molecule has 0 amide bonds. The third-order valence-corrected chi connectivity index (χ3v) is 4.02. The first-order valence-corrected chi connectivity index (χ1v) is 8.28. The molecule has 0 saturated heterocycles. The van der Waals surface area contributed by atoms with Crippen molar-refractivity contribution >= 4 is 17.6 Å². The molecule has 0 atom stereocenters. The minimum absolute atomic E-state index is 0.200. The van der Waals surface area contributed by atoms with Gasteiger partial charge in [-0.25, -0.2) is 4.79 Å². The Labute approximate surface area is 151 Å². The highest BCUT2D eigenvalue weighted by atomic mass is 35.5. The maximum Gasteiger partial charge on any atom is 0.340 e. The number of esters is 1. The zero-order valence-electron chi connectivity index (χ0n) is 13.5. The van der Waals surface area contributed by atoms with Crippen LogP contribution in [0.15, 0.2) is 78.9 Å². The normalized spacial score (nSPS) is 10.3. The van der Waals surface area contributed by atoms with E-state index in [0.717, 1.165) is 11.1 Å². The number of halogens is 1. The van der Waals surface area contributed by atoms with Crippen molar-refractivity contribution < 1.29 is 14.3 Å². The summed E-state index contributed by atoms with van der Waals surface area (Å²) in [4.78, 5) is 12.3. The van der Waals surface area contributed by atoms with Crippen LogP contribution in [-0.2, 0) is 18.0 Å². The van der Waals surface area contributed by atoms with Gasteiger partial charge in [0.15, 0.2) is 0 Å². The molecule has 3 nitrogen and oxygen atoms in total. The molecular weight excluding hydrogens is 336 g/mol. The molecule has 0 N–H and O–H groups in total. The molecule has 0 unspecified atom stereocenters. The summed E-state index contributed by atoms with van der Waals surface area (Å²) < 4.78 is 11.1. The summed E-state index contributed by atoms with van der Waals surface area (Å²) in [6.07, 6.45) is 0. The quantitative estimate of drug-likeness (QED) is 0.566. The van der Waals surface area contributed by atoms with Crippen molar-refractivity contribution in [2.24, 2.45) is 0 Å². The molecule has 0 radical (unpaired) electrons. The minimum atomic E-state index is -0.473. The molecule has 0 saturated carbocycles. The Balaban J connectivity index is 1.66. The Bertz CT molecular complexity index is 832. The molecule has 126 valence electrons. The number of carbonyl (C=O) groups is 1. The first-order chi connectivity index (χ1) is 12.2. The van der Waals surface area contributed by atoms with E-state index in [1.807, 2.05) is 60.7 Å². The third kappa shape index (κ3) is 4.61. The van der Waals surface area contributed by atoms with Gasteiger partial charge >= 0.3 is 5.97 Å². The van der Waals surface area contributed by atoms with Crippen LogP contribution in [0.4, 0.5) is 0 Å². The molecule has 25 heavy (non-hydrogen) atoms. The topological polar surface area (TPSA) is 35.5 Å². The van der Waals surface area contributed by atoms with E-state index in [2.05, 4.69) is 0 Å². The molecular formula is C21H17ClO3. The SMILES string of the molecule is O=C(OCc1ccccc1)c1cccc(OCc2ccccc2)c1Cl. The fraction of sp³-hybridized carbons (Fsp3) is 0.0952. The molecule has 3 rings (SSSR count). The van der Waals surface area contributed by atoms with E-state index in [4.69, 9.17) is 21.1 Å². The molecule has 0 aliphatic rings. The molecule has 0 heterocycles. The number of rotatable bonds is 6. The smallest absolute Gasteiger partial charge is 0.340 e. The van der Waals surface area contributed by atoms with Crippen molar-refractivity contribution in [2.45, 2.75) is 13.2 Å². The van der Waals surface area contributed by atoms with Crippen LogP contribution in [-0.4, -0.2) is 5.97 Å². The standard InChI is InChI=1S/C21H17ClO3/c22-20-18(21(23)25-15-17-10-5-2-6-11-17)12-7-13-19(20)24-14-16-8-3-1-4-9-16/h1-13H,14-15H2. The number of hydrogen-bond donors (Lipinski definition) is 0. The zero-order chi connectivity index (χ0) is 17.5. The Morgan fingerprint density at radius 3 is 2.00 bits per heavy atom. The van der Waals surface area contributed by atoms with Gasteiger partial charge in [0.2, 0.25) is 0 Å². The van der Waals surface area contributed by atoms with Gasteiger partial charge in [-0.2, -0.15) is 0 Å². The molecule has 0 aliphatic carbocycles. The number of ether oxygens (including phenoxy) is 2. The van der Waals surface area contributed by atoms with Crippen LogP contribution in [0.1, 0.15) is 21.5 Å². The van der Waals surface area contributed by atoms with Gasteiger partial charge in [-0.15, -0.1) is 0 Å². The van der Waals surface area contributed by atoms with Gasteiger partial charge in [0.05, 0.1) is 10.6 Å². The lowest BCUT2D eigenvalue weighted by atomic mass is 10.2. The summed E-state index contributed by atoms with van der Waals surface area (Å²) in [6.45, 7) is 0.578. The summed E-state index contributed by atoms with van der Waals surface area (Å²) >= 11 is 6.33. The van der Waals surface area contributed by atoms with Crippen LogP contribution in [0.25, 0.3) is 0 Å². The first-order valence-electron chi connectivity index (χ1n) is 7.90. The van der Waals surface area contributed by atoms with Crippen LogP contribution < -0.4 is 4.74 Å². The molecule has 0 aromatic heterocycles. The summed E-state index contributed by atoms with van der Waals surface area (Å²) in [5, 5.41) is 0.261. The summed E-state index contributed by atoms with van der Waals surface area (Å²) in [5.41, 5.74) is 2.24. The van der Waals surface area contributed by atoms with Gasteiger partial charge in [0.1, 0.15) is 19.0 Å². The van der Waals surface area contributed by atoms with Crippen LogP contribution in [0.5, 0.6) is 5.75 Å². The first kappa shape index (κ1) is 17.1. The Morgan fingerprint density at radius 1 is 0.760 bits per heavy atom. The van der Waals surface area contributed by atoms with Gasteiger partial charge < -0.3 is 9.47 Å². The lowest BCUT2D eigenvalue weighted by Crippen LogP contribution is -2.07. The maximum absolute atomic E-state index is 12.3. The van der Waals surface area contributed by atoms with Gasteiger partial charge in [-0.3, -0.25) is 0 Å². The summed E-state index contributed by atoms with van der Waals surface area (Å²) in [7, 11) is 0. The second-order valence-corrected chi connectivity index (χ2v) is 5.83. The molecule has 0 fully saturated rings. The van der Waals surface area contributed by atoms with Crippen molar-refractivity contribution in [3.05, 3.63) is 101 Å². The largest absolute Gasteiger partial charge is 0.487 e. The second kappa shape index (κ2) is 8.36. The van der Waals surface area contributed by atoms with E-state index in [-0.39, 0.29) is 11.6 Å².